The van der Waals surface area contributed by atoms with E-state index in [1.54, 1.807) is 14.2 Å². The van der Waals surface area contributed by atoms with Crippen molar-refractivity contribution in [2.24, 2.45) is 0 Å². The average Bonchev–Trinajstić information content (AvgIpc) is 2.90. The molecule has 0 N–H and O–H groups in total. The first kappa shape index (κ1) is 12.6. The Morgan fingerprint density at radius 2 is 1.80 bits per heavy atom. The van der Waals surface area contributed by atoms with E-state index < -0.39 is 0 Å². The number of nitrogens with zero attached hydrogens (tertiary/aromatic N) is 1. The second-order valence-electron chi connectivity index (χ2n) is 4.68. The molecule has 0 aliphatic carbocycles. The number of hydrogen-bond donors (Lipinski definition) is 0. The summed E-state index contributed by atoms with van der Waals surface area (Å²) in [4.78, 5) is 0. The Morgan fingerprint density at radius 1 is 0.950 bits per heavy atom. The van der Waals surface area contributed by atoms with Gasteiger partial charge in [-0.15, -0.1) is 0 Å². The van der Waals surface area contributed by atoms with Gasteiger partial charge in [-0.3, -0.25) is 0 Å². The van der Waals surface area contributed by atoms with E-state index in [9.17, 15) is 0 Å². The highest BCUT2D eigenvalue weighted by atomic mass is 16.5. The minimum absolute atomic E-state index is 0.792. The van der Waals surface area contributed by atoms with Crippen molar-refractivity contribution >= 4 is 10.9 Å². The summed E-state index contributed by atoms with van der Waals surface area (Å²) in [5.41, 5.74) is 2.36. The molecule has 3 nitrogen and oxygen atoms in total. The van der Waals surface area contributed by atoms with Gasteiger partial charge in [0.15, 0.2) is 0 Å². The molecule has 102 valence electrons. The van der Waals surface area contributed by atoms with Crippen molar-refractivity contribution in [1.82, 2.24) is 4.57 Å². The van der Waals surface area contributed by atoms with E-state index in [1.165, 1.54) is 16.5 Å². The Balaban J connectivity index is 1.99. The van der Waals surface area contributed by atoms with Crippen LogP contribution in [0.25, 0.3) is 10.9 Å². The summed E-state index contributed by atoms with van der Waals surface area (Å²) in [6.07, 6.45) is 2.09. The van der Waals surface area contributed by atoms with Gasteiger partial charge in [0, 0.05) is 22.7 Å². The zero-order valence-corrected chi connectivity index (χ0v) is 11.7. The monoisotopic (exact) mass is 267 g/mol. The average molecular weight is 267 g/mol. The predicted octanol–water partition coefficient (Wildman–Crippen LogP) is 3.71. The Labute approximate surface area is 118 Å². The highest BCUT2D eigenvalue weighted by Crippen LogP contribution is 2.24. The lowest BCUT2D eigenvalue weighted by molar-refractivity contribution is 0.408. The van der Waals surface area contributed by atoms with Gasteiger partial charge in [0.1, 0.15) is 11.5 Å². The zero-order valence-electron chi connectivity index (χ0n) is 11.7. The summed E-state index contributed by atoms with van der Waals surface area (Å²) in [5, 5.41) is 1.18. The number of methoxy groups -OCH3 is 2. The standard InChI is InChI=1S/C17H17NO2/c1-19-15-7-8-16-13(11-15)9-10-18(16)12-14-5-3-4-6-17(14)20-2/h3-11H,12H2,1-2H3. The third-order valence-corrected chi connectivity index (χ3v) is 3.51. The Kier molecular flexibility index (Phi) is 3.33. The van der Waals surface area contributed by atoms with Gasteiger partial charge in [-0.1, -0.05) is 18.2 Å². The van der Waals surface area contributed by atoms with Crippen molar-refractivity contribution in [2.75, 3.05) is 14.2 Å². The van der Waals surface area contributed by atoms with Gasteiger partial charge in [-0.05, 0) is 30.3 Å². The fraction of sp³-hybridized carbons (Fsp3) is 0.176. The van der Waals surface area contributed by atoms with Crippen molar-refractivity contribution < 1.29 is 9.47 Å². The van der Waals surface area contributed by atoms with Gasteiger partial charge in [-0.25, -0.2) is 0 Å². The number of para-hydroxylation sites is 1. The summed E-state index contributed by atoms with van der Waals surface area (Å²) in [6, 6.07) is 16.3. The second-order valence-corrected chi connectivity index (χ2v) is 4.68. The highest BCUT2D eigenvalue weighted by Gasteiger charge is 2.06. The quantitative estimate of drug-likeness (QED) is 0.719. The normalized spacial score (nSPS) is 10.7. The lowest BCUT2D eigenvalue weighted by atomic mass is 10.2. The molecule has 0 aliphatic rings. The van der Waals surface area contributed by atoms with Gasteiger partial charge in [0.2, 0.25) is 0 Å². The van der Waals surface area contributed by atoms with E-state index >= 15 is 0 Å². The molecule has 3 heteroatoms. The molecule has 0 fully saturated rings. The van der Waals surface area contributed by atoms with Crippen LogP contribution in [0.2, 0.25) is 0 Å². The van der Waals surface area contributed by atoms with Crippen molar-refractivity contribution in [3.8, 4) is 11.5 Å². The van der Waals surface area contributed by atoms with Crippen molar-refractivity contribution in [2.45, 2.75) is 6.54 Å². The molecule has 3 rings (SSSR count). The molecule has 0 bridgehead atoms. The van der Waals surface area contributed by atoms with Crippen LogP contribution >= 0.6 is 0 Å². The topological polar surface area (TPSA) is 23.4 Å². The van der Waals surface area contributed by atoms with E-state index in [0.29, 0.717) is 0 Å². The summed E-state index contributed by atoms with van der Waals surface area (Å²) >= 11 is 0. The van der Waals surface area contributed by atoms with Crippen molar-refractivity contribution in [3.63, 3.8) is 0 Å². The summed E-state index contributed by atoms with van der Waals surface area (Å²) in [5.74, 6) is 1.80. The third kappa shape index (κ3) is 2.23. The van der Waals surface area contributed by atoms with Gasteiger partial charge < -0.3 is 14.0 Å². The molecule has 1 heterocycles. The molecule has 0 aliphatic heterocycles. The Bertz CT molecular complexity index is 731. The molecular weight excluding hydrogens is 250 g/mol. The molecule has 0 radical (unpaired) electrons. The van der Waals surface area contributed by atoms with Gasteiger partial charge in [0.25, 0.3) is 0 Å². The minimum atomic E-state index is 0.792. The van der Waals surface area contributed by atoms with Crippen LogP contribution < -0.4 is 9.47 Å². The molecule has 0 saturated heterocycles. The summed E-state index contributed by atoms with van der Waals surface area (Å²) < 4.78 is 12.9. The molecule has 0 atom stereocenters. The van der Waals surface area contributed by atoms with E-state index in [0.717, 1.165) is 18.0 Å². The van der Waals surface area contributed by atoms with Crippen LogP contribution in [-0.4, -0.2) is 18.8 Å². The van der Waals surface area contributed by atoms with E-state index in [1.807, 2.05) is 30.3 Å². The lowest BCUT2D eigenvalue weighted by Gasteiger charge is -2.10. The SMILES string of the molecule is COc1ccc2c(ccn2Cc2ccccc2OC)c1. The second kappa shape index (κ2) is 5.29. The first-order valence-corrected chi connectivity index (χ1v) is 6.56. The van der Waals surface area contributed by atoms with Crippen molar-refractivity contribution in [3.05, 3.63) is 60.3 Å². The smallest absolute Gasteiger partial charge is 0.123 e. The van der Waals surface area contributed by atoms with Crippen LogP contribution in [0.15, 0.2) is 54.7 Å². The molecule has 0 spiro atoms. The number of benzene rings is 2. The zero-order chi connectivity index (χ0) is 13.9. The fourth-order valence-corrected chi connectivity index (χ4v) is 2.46. The van der Waals surface area contributed by atoms with Crippen LogP contribution in [-0.2, 0) is 6.54 Å². The number of aromatic nitrogens is 1. The maximum Gasteiger partial charge on any atom is 0.123 e. The molecule has 2 aromatic carbocycles. The Morgan fingerprint density at radius 3 is 2.60 bits per heavy atom. The van der Waals surface area contributed by atoms with Crippen LogP contribution in [0.5, 0.6) is 11.5 Å². The van der Waals surface area contributed by atoms with Gasteiger partial charge in [0.05, 0.1) is 20.8 Å². The first-order chi connectivity index (χ1) is 9.81. The van der Waals surface area contributed by atoms with Crippen molar-refractivity contribution in [1.29, 1.82) is 0 Å². The summed E-state index contributed by atoms with van der Waals surface area (Å²) in [7, 11) is 3.39. The van der Waals surface area contributed by atoms with Gasteiger partial charge in [-0.2, -0.15) is 0 Å². The van der Waals surface area contributed by atoms with Gasteiger partial charge >= 0.3 is 0 Å². The first-order valence-electron chi connectivity index (χ1n) is 6.56. The minimum Gasteiger partial charge on any atom is -0.497 e. The molecule has 0 amide bonds. The van der Waals surface area contributed by atoms with Crippen LogP contribution in [0, 0.1) is 0 Å². The molecule has 0 unspecified atom stereocenters. The van der Waals surface area contributed by atoms with Crippen LogP contribution in [0.1, 0.15) is 5.56 Å². The maximum absolute atomic E-state index is 5.41. The number of hydrogen-bond acceptors (Lipinski definition) is 2. The van der Waals surface area contributed by atoms with E-state index in [4.69, 9.17) is 9.47 Å². The molecule has 20 heavy (non-hydrogen) atoms. The number of fused-ring (bicyclic) bond motifs is 1. The molecule has 3 aromatic rings. The molecule has 0 saturated carbocycles. The van der Waals surface area contributed by atoms with E-state index in [2.05, 4.69) is 29.0 Å². The third-order valence-electron chi connectivity index (χ3n) is 3.51. The largest absolute Gasteiger partial charge is 0.497 e. The number of ether oxygens (including phenoxy) is 2. The predicted molar refractivity (Wildman–Crippen MR) is 80.6 cm³/mol. The van der Waals surface area contributed by atoms with Crippen LogP contribution in [0.4, 0.5) is 0 Å². The highest BCUT2D eigenvalue weighted by molar-refractivity contribution is 5.81. The lowest BCUT2D eigenvalue weighted by Crippen LogP contribution is -2.00. The summed E-state index contributed by atoms with van der Waals surface area (Å²) in [6.45, 7) is 0.792. The molecule has 1 aromatic heterocycles. The van der Waals surface area contributed by atoms with E-state index in [-0.39, 0.29) is 0 Å². The fourth-order valence-electron chi connectivity index (χ4n) is 2.46. The Hall–Kier alpha value is -2.42. The number of rotatable bonds is 4. The maximum atomic E-state index is 5.41. The van der Waals surface area contributed by atoms with Crippen LogP contribution in [0.3, 0.4) is 0 Å². The molecular formula is C17H17NO2.